The molecule has 0 aliphatic carbocycles. The Morgan fingerprint density at radius 2 is 2.10 bits per heavy atom. The molecule has 0 aliphatic rings. The topological polar surface area (TPSA) is 82.2 Å². The maximum atomic E-state index is 12.0. The minimum Gasteiger partial charge on any atom is -0.494 e. The van der Waals surface area contributed by atoms with Crippen molar-refractivity contribution >= 4 is 17.3 Å². The number of ether oxygens (including phenoxy) is 1. The maximum absolute atomic E-state index is 12.0. The monoisotopic (exact) mass is 274 g/mol. The Morgan fingerprint density at radius 3 is 2.65 bits per heavy atom. The summed E-state index contributed by atoms with van der Waals surface area (Å²) in [7, 11) is 1.72. The molecule has 2 aromatic rings. The van der Waals surface area contributed by atoms with Crippen molar-refractivity contribution in [2.24, 2.45) is 7.05 Å². The molecular weight excluding hydrogens is 256 g/mol. The second-order valence-corrected chi connectivity index (χ2v) is 4.43. The maximum Gasteiger partial charge on any atom is 0.278 e. The highest BCUT2D eigenvalue weighted by atomic mass is 16.5. The van der Waals surface area contributed by atoms with Gasteiger partial charge in [0, 0.05) is 18.9 Å². The fraction of sp³-hybridized carbons (Fsp3) is 0.286. The second kappa shape index (κ2) is 6.10. The molecule has 0 unspecified atom stereocenters. The summed E-state index contributed by atoms with van der Waals surface area (Å²) in [5.41, 5.74) is 6.96. The van der Waals surface area contributed by atoms with Crippen LogP contribution in [0.2, 0.25) is 0 Å². The molecule has 1 aromatic carbocycles. The Morgan fingerprint density at radius 1 is 1.40 bits per heavy atom. The Kier molecular flexibility index (Phi) is 4.24. The number of amides is 1. The number of nitrogens with one attached hydrogen (secondary N) is 1. The molecule has 1 amide bonds. The lowest BCUT2D eigenvalue weighted by atomic mass is 10.3. The molecule has 6 nitrogen and oxygen atoms in total. The lowest BCUT2D eigenvalue weighted by Gasteiger charge is -2.07. The quantitative estimate of drug-likeness (QED) is 0.874. The van der Waals surface area contributed by atoms with Gasteiger partial charge in [0.15, 0.2) is 5.69 Å². The summed E-state index contributed by atoms with van der Waals surface area (Å²) in [5.74, 6) is 0.451. The van der Waals surface area contributed by atoms with Crippen molar-refractivity contribution in [1.29, 1.82) is 0 Å². The Labute approximate surface area is 117 Å². The van der Waals surface area contributed by atoms with E-state index in [0.717, 1.165) is 12.2 Å². The van der Waals surface area contributed by atoms with Gasteiger partial charge in [-0.25, -0.2) is 0 Å². The van der Waals surface area contributed by atoms with Crippen LogP contribution < -0.4 is 15.8 Å². The second-order valence-electron chi connectivity index (χ2n) is 4.43. The van der Waals surface area contributed by atoms with Crippen molar-refractivity contribution in [1.82, 2.24) is 9.78 Å². The molecule has 6 heteroatoms. The van der Waals surface area contributed by atoms with Crippen LogP contribution in [0.1, 0.15) is 23.8 Å². The van der Waals surface area contributed by atoms with Gasteiger partial charge in [-0.15, -0.1) is 0 Å². The molecule has 3 N–H and O–H groups in total. The first-order chi connectivity index (χ1) is 9.60. The van der Waals surface area contributed by atoms with Gasteiger partial charge in [0.1, 0.15) is 5.75 Å². The van der Waals surface area contributed by atoms with Gasteiger partial charge in [-0.3, -0.25) is 9.48 Å². The molecular formula is C14H18N4O2. The number of aromatic nitrogens is 2. The largest absolute Gasteiger partial charge is 0.494 e. The Bertz CT molecular complexity index is 590. The number of carbonyl (C=O) groups excluding carboxylic acids is 1. The predicted octanol–water partition coefficient (Wildman–Crippen LogP) is 2.04. The van der Waals surface area contributed by atoms with Crippen LogP contribution in [0.3, 0.4) is 0 Å². The highest BCUT2D eigenvalue weighted by molar-refractivity contribution is 6.06. The van der Waals surface area contributed by atoms with Crippen molar-refractivity contribution in [3.63, 3.8) is 0 Å². The summed E-state index contributed by atoms with van der Waals surface area (Å²) in [6.45, 7) is 2.72. The highest BCUT2D eigenvalue weighted by Crippen LogP contribution is 2.17. The van der Waals surface area contributed by atoms with Gasteiger partial charge in [0.2, 0.25) is 0 Å². The van der Waals surface area contributed by atoms with E-state index >= 15 is 0 Å². The fourth-order valence-electron chi connectivity index (χ4n) is 1.73. The van der Waals surface area contributed by atoms with Crippen molar-refractivity contribution in [2.75, 3.05) is 17.7 Å². The smallest absolute Gasteiger partial charge is 0.278 e. The van der Waals surface area contributed by atoms with Gasteiger partial charge in [-0.1, -0.05) is 6.92 Å². The van der Waals surface area contributed by atoms with Crippen LogP contribution in [0, 0.1) is 0 Å². The van der Waals surface area contributed by atoms with Crippen LogP contribution in [0.4, 0.5) is 11.4 Å². The number of carbonyl (C=O) groups is 1. The molecule has 0 radical (unpaired) electrons. The number of anilines is 2. The van der Waals surface area contributed by atoms with E-state index in [1.165, 1.54) is 4.68 Å². The summed E-state index contributed by atoms with van der Waals surface area (Å²) in [4.78, 5) is 12.0. The van der Waals surface area contributed by atoms with Crippen LogP contribution in [-0.4, -0.2) is 22.3 Å². The first-order valence-corrected chi connectivity index (χ1v) is 6.43. The number of nitrogen functional groups attached to an aromatic ring is 1. The van der Waals surface area contributed by atoms with E-state index in [2.05, 4.69) is 10.4 Å². The first kappa shape index (κ1) is 13.9. The number of hydrogen-bond acceptors (Lipinski definition) is 4. The van der Waals surface area contributed by atoms with Gasteiger partial charge in [-0.2, -0.15) is 5.10 Å². The molecule has 0 saturated heterocycles. The summed E-state index contributed by atoms with van der Waals surface area (Å²) in [5, 5.41) is 6.76. The average molecular weight is 274 g/mol. The summed E-state index contributed by atoms with van der Waals surface area (Å²) >= 11 is 0. The molecule has 0 atom stereocenters. The van der Waals surface area contributed by atoms with E-state index in [1.54, 1.807) is 25.4 Å². The summed E-state index contributed by atoms with van der Waals surface area (Å²) in [6, 6.07) is 7.18. The van der Waals surface area contributed by atoms with Gasteiger partial charge < -0.3 is 15.8 Å². The van der Waals surface area contributed by atoms with Crippen LogP contribution in [-0.2, 0) is 7.05 Å². The summed E-state index contributed by atoms with van der Waals surface area (Å²) < 4.78 is 6.98. The minimum atomic E-state index is -0.328. The van der Waals surface area contributed by atoms with Crippen LogP contribution in [0.15, 0.2) is 30.5 Å². The molecule has 20 heavy (non-hydrogen) atoms. The van der Waals surface area contributed by atoms with E-state index in [4.69, 9.17) is 10.5 Å². The van der Waals surface area contributed by atoms with E-state index < -0.39 is 0 Å². The standard InChI is InChI=1S/C14H18N4O2/c1-3-8-20-11-6-4-10(5-7-11)16-14(19)13-12(15)9-18(2)17-13/h4-7,9H,3,8,15H2,1-2H3,(H,16,19). The van der Waals surface area contributed by atoms with Gasteiger partial charge >= 0.3 is 0 Å². The third-order valence-electron chi connectivity index (χ3n) is 2.66. The van der Waals surface area contributed by atoms with Crippen LogP contribution in [0.25, 0.3) is 0 Å². The molecule has 0 spiro atoms. The molecule has 1 aromatic heterocycles. The normalized spacial score (nSPS) is 10.3. The lowest BCUT2D eigenvalue weighted by Crippen LogP contribution is -2.14. The number of hydrogen-bond donors (Lipinski definition) is 2. The van der Waals surface area contributed by atoms with E-state index in [0.29, 0.717) is 18.0 Å². The average Bonchev–Trinajstić information content (AvgIpc) is 2.77. The van der Waals surface area contributed by atoms with E-state index in [-0.39, 0.29) is 11.6 Å². The fourth-order valence-corrected chi connectivity index (χ4v) is 1.73. The zero-order valence-corrected chi connectivity index (χ0v) is 11.6. The van der Waals surface area contributed by atoms with Gasteiger partial charge in [0.05, 0.1) is 12.3 Å². The molecule has 0 fully saturated rings. The molecule has 0 aliphatic heterocycles. The van der Waals surface area contributed by atoms with Crippen molar-refractivity contribution in [2.45, 2.75) is 13.3 Å². The molecule has 0 saturated carbocycles. The zero-order chi connectivity index (χ0) is 14.5. The Balaban J connectivity index is 2.02. The number of aryl methyl sites for hydroxylation is 1. The minimum absolute atomic E-state index is 0.221. The lowest BCUT2D eigenvalue weighted by molar-refractivity contribution is 0.102. The predicted molar refractivity (Wildman–Crippen MR) is 77.8 cm³/mol. The summed E-state index contributed by atoms with van der Waals surface area (Å²) in [6.07, 6.45) is 2.55. The van der Waals surface area contributed by atoms with Gasteiger partial charge in [-0.05, 0) is 30.7 Å². The Hall–Kier alpha value is -2.50. The van der Waals surface area contributed by atoms with Crippen molar-refractivity contribution in [3.8, 4) is 5.75 Å². The first-order valence-electron chi connectivity index (χ1n) is 6.43. The van der Waals surface area contributed by atoms with Crippen LogP contribution in [0.5, 0.6) is 5.75 Å². The van der Waals surface area contributed by atoms with Crippen LogP contribution >= 0.6 is 0 Å². The molecule has 1 heterocycles. The SMILES string of the molecule is CCCOc1ccc(NC(=O)c2nn(C)cc2N)cc1. The third kappa shape index (κ3) is 3.28. The molecule has 2 rings (SSSR count). The molecule has 0 bridgehead atoms. The highest BCUT2D eigenvalue weighted by Gasteiger charge is 2.14. The molecule has 106 valence electrons. The number of nitrogens with two attached hydrogens (primary N) is 1. The van der Waals surface area contributed by atoms with Crippen molar-refractivity contribution < 1.29 is 9.53 Å². The zero-order valence-electron chi connectivity index (χ0n) is 11.6. The number of benzene rings is 1. The number of rotatable bonds is 5. The van der Waals surface area contributed by atoms with E-state index in [1.807, 2.05) is 19.1 Å². The third-order valence-corrected chi connectivity index (χ3v) is 2.66. The van der Waals surface area contributed by atoms with E-state index in [9.17, 15) is 4.79 Å². The van der Waals surface area contributed by atoms with Crippen molar-refractivity contribution in [3.05, 3.63) is 36.2 Å². The van der Waals surface area contributed by atoms with Gasteiger partial charge in [0.25, 0.3) is 5.91 Å². The number of nitrogens with zero attached hydrogens (tertiary/aromatic N) is 2.